The Morgan fingerprint density at radius 2 is 2.36 bits per heavy atom. The molecule has 0 aromatic carbocycles. The molecule has 70 valence electrons. The normalized spacial score (nSPS) is 10.0. The van der Waals surface area contributed by atoms with E-state index in [-0.39, 0.29) is 5.69 Å². The summed E-state index contributed by atoms with van der Waals surface area (Å²) in [6.07, 6.45) is 2.77. The number of allylic oxidation sites excluding steroid dienone is 1. The number of hydrogen-bond acceptors (Lipinski definition) is 4. The first kappa shape index (κ1) is 9.86. The molecule has 0 saturated heterocycles. The Bertz CT molecular complexity index is 432. The Balaban J connectivity index is 3.08. The highest BCUT2D eigenvalue weighted by Crippen LogP contribution is 2.15. The van der Waals surface area contributed by atoms with Crippen LogP contribution in [-0.2, 0) is 0 Å². The van der Waals surface area contributed by atoms with Gasteiger partial charge in [0.25, 0.3) is 5.69 Å². The number of nitriles is 1. The number of aryl methyl sites for hydroxylation is 1. The molecule has 0 aliphatic heterocycles. The lowest BCUT2D eigenvalue weighted by Gasteiger charge is -1.96. The molecule has 1 heterocycles. The molecular weight excluding hydrogens is 182 g/mol. The number of hydrogen-bond donors (Lipinski definition) is 0. The molecule has 0 bridgehead atoms. The zero-order valence-corrected chi connectivity index (χ0v) is 7.47. The van der Waals surface area contributed by atoms with Crippen molar-refractivity contribution < 1.29 is 4.92 Å². The van der Waals surface area contributed by atoms with Gasteiger partial charge in [0.1, 0.15) is 5.69 Å². The summed E-state index contributed by atoms with van der Waals surface area (Å²) in [6.45, 7) is 1.56. The van der Waals surface area contributed by atoms with Crippen LogP contribution in [0.15, 0.2) is 18.2 Å². The molecule has 0 N–H and O–H groups in total. The van der Waals surface area contributed by atoms with Crippen LogP contribution >= 0.6 is 0 Å². The van der Waals surface area contributed by atoms with Gasteiger partial charge in [-0.15, -0.1) is 0 Å². The highest BCUT2D eigenvalue weighted by atomic mass is 16.6. The molecule has 5 nitrogen and oxygen atoms in total. The third-order valence-electron chi connectivity index (χ3n) is 1.60. The Labute approximate surface area is 80.5 Å². The molecule has 5 heteroatoms. The first-order valence-corrected chi connectivity index (χ1v) is 3.83. The Morgan fingerprint density at radius 3 is 2.86 bits per heavy atom. The fourth-order valence-corrected chi connectivity index (χ4v) is 0.982. The number of nitro groups is 1. The van der Waals surface area contributed by atoms with Crippen LogP contribution in [0.4, 0.5) is 5.69 Å². The molecule has 0 fully saturated rings. The van der Waals surface area contributed by atoms with E-state index >= 15 is 0 Å². The molecule has 0 amide bonds. The van der Waals surface area contributed by atoms with Crippen molar-refractivity contribution in [1.29, 1.82) is 5.26 Å². The third kappa shape index (κ3) is 2.14. The molecule has 14 heavy (non-hydrogen) atoms. The molecule has 0 atom stereocenters. The van der Waals surface area contributed by atoms with Gasteiger partial charge in [-0.25, -0.2) is 4.98 Å². The van der Waals surface area contributed by atoms with Crippen molar-refractivity contribution in [3.8, 4) is 6.07 Å². The van der Waals surface area contributed by atoms with E-state index in [0.29, 0.717) is 11.4 Å². The van der Waals surface area contributed by atoms with Gasteiger partial charge < -0.3 is 0 Å². The molecule has 1 rings (SSSR count). The van der Waals surface area contributed by atoms with Crippen LogP contribution in [-0.4, -0.2) is 9.91 Å². The van der Waals surface area contributed by atoms with Gasteiger partial charge >= 0.3 is 0 Å². The highest BCUT2D eigenvalue weighted by molar-refractivity contribution is 5.50. The SMILES string of the molecule is Cc1nc(C=CC#N)ccc1[N+](=O)[O-]. The van der Waals surface area contributed by atoms with Gasteiger partial charge in [0.05, 0.1) is 16.7 Å². The lowest BCUT2D eigenvalue weighted by Crippen LogP contribution is -1.95. The maximum absolute atomic E-state index is 10.4. The summed E-state index contributed by atoms with van der Waals surface area (Å²) in [5.41, 5.74) is 0.865. The van der Waals surface area contributed by atoms with E-state index in [9.17, 15) is 10.1 Å². The lowest BCUT2D eigenvalue weighted by molar-refractivity contribution is -0.385. The summed E-state index contributed by atoms with van der Waals surface area (Å²) in [5.74, 6) is 0. The van der Waals surface area contributed by atoms with Crippen molar-refractivity contribution in [3.63, 3.8) is 0 Å². The van der Waals surface area contributed by atoms with E-state index in [4.69, 9.17) is 5.26 Å². The van der Waals surface area contributed by atoms with Crippen LogP contribution in [0.5, 0.6) is 0 Å². The van der Waals surface area contributed by atoms with Crippen LogP contribution in [0.1, 0.15) is 11.4 Å². The van der Waals surface area contributed by atoms with Gasteiger partial charge in [-0.3, -0.25) is 10.1 Å². The third-order valence-corrected chi connectivity index (χ3v) is 1.60. The van der Waals surface area contributed by atoms with Crippen molar-refractivity contribution in [1.82, 2.24) is 4.98 Å². The van der Waals surface area contributed by atoms with Gasteiger partial charge in [0, 0.05) is 12.1 Å². The molecular formula is C9H7N3O2. The predicted molar refractivity (Wildman–Crippen MR) is 50.3 cm³/mol. The topological polar surface area (TPSA) is 79.8 Å². The quantitative estimate of drug-likeness (QED) is 0.404. The molecule has 0 spiro atoms. The van der Waals surface area contributed by atoms with E-state index in [1.807, 2.05) is 6.07 Å². The maximum Gasteiger partial charge on any atom is 0.290 e. The second-order valence-electron chi connectivity index (χ2n) is 2.56. The molecule has 1 aromatic rings. The lowest BCUT2D eigenvalue weighted by atomic mass is 10.2. The monoisotopic (exact) mass is 189 g/mol. The van der Waals surface area contributed by atoms with Crippen molar-refractivity contribution in [2.45, 2.75) is 6.92 Å². The van der Waals surface area contributed by atoms with Crippen molar-refractivity contribution in [2.75, 3.05) is 0 Å². The largest absolute Gasteiger partial charge is 0.290 e. The standard InChI is InChI=1S/C9H7N3O2/c1-7-9(12(13)14)5-4-8(11-7)3-2-6-10/h2-5H,1H3. The van der Waals surface area contributed by atoms with Crippen LogP contribution in [0.25, 0.3) is 6.08 Å². The van der Waals surface area contributed by atoms with E-state index in [1.165, 1.54) is 24.3 Å². The summed E-state index contributed by atoms with van der Waals surface area (Å²) in [6, 6.07) is 4.69. The maximum atomic E-state index is 10.4. The molecule has 0 aliphatic rings. The molecule has 0 saturated carbocycles. The molecule has 1 aromatic heterocycles. The van der Waals surface area contributed by atoms with E-state index in [0.717, 1.165) is 0 Å². The number of rotatable bonds is 2. The average Bonchev–Trinajstić information content (AvgIpc) is 2.14. The van der Waals surface area contributed by atoms with Gasteiger partial charge in [-0.2, -0.15) is 5.26 Å². The van der Waals surface area contributed by atoms with Crippen molar-refractivity contribution in [3.05, 3.63) is 39.7 Å². The molecule has 0 unspecified atom stereocenters. The summed E-state index contributed by atoms with van der Waals surface area (Å²) in [7, 11) is 0. The minimum Gasteiger partial charge on any atom is -0.258 e. The minimum absolute atomic E-state index is 0.0147. The van der Waals surface area contributed by atoms with Gasteiger partial charge in [0.15, 0.2) is 0 Å². The predicted octanol–water partition coefficient (Wildman–Crippen LogP) is 1.83. The Hall–Kier alpha value is -2.22. The fraction of sp³-hybridized carbons (Fsp3) is 0.111. The first-order valence-electron chi connectivity index (χ1n) is 3.83. The number of pyridine rings is 1. The zero-order chi connectivity index (χ0) is 10.6. The van der Waals surface area contributed by atoms with Crippen LogP contribution < -0.4 is 0 Å². The summed E-state index contributed by atoms with van der Waals surface area (Å²) in [5, 5.41) is 18.7. The van der Waals surface area contributed by atoms with Crippen molar-refractivity contribution in [2.24, 2.45) is 0 Å². The summed E-state index contributed by atoms with van der Waals surface area (Å²) < 4.78 is 0. The van der Waals surface area contributed by atoms with Gasteiger partial charge in [-0.05, 0) is 19.1 Å². The van der Waals surface area contributed by atoms with Crippen LogP contribution in [0.2, 0.25) is 0 Å². The second-order valence-corrected chi connectivity index (χ2v) is 2.56. The van der Waals surface area contributed by atoms with E-state index in [2.05, 4.69) is 4.98 Å². The minimum atomic E-state index is -0.486. The Kier molecular flexibility index (Phi) is 2.92. The highest BCUT2D eigenvalue weighted by Gasteiger charge is 2.10. The first-order chi connectivity index (χ1) is 6.65. The van der Waals surface area contributed by atoms with E-state index < -0.39 is 4.92 Å². The number of nitrogens with zero attached hydrogens (tertiary/aromatic N) is 3. The van der Waals surface area contributed by atoms with Gasteiger partial charge in [0.2, 0.25) is 0 Å². The van der Waals surface area contributed by atoms with Crippen LogP contribution in [0.3, 0.4) is 0 Å². The zero-order valence-electron chi connectivity index (χ0n) is 7.47. The molecule has 0 radical (unpaired) electrons. The number of aromatic nitrogens is 1. The molecule has 0 aliphatic carbocycles. The van der Waals surface area contributed by atoms with Crippen molar-refractivity contribution >= 4 is 11.8 Å². The smallest absolute Gasteiger partial charge is 0.258 e. The Morgan fingerprint density at radius 1 is 1.64 bits per heavy atom. The van der Waals surface area contributed by atoms with Crippen LogP contribution in [0, 0.1) is 28.4 Å². The summed E-state index contributed by atoms with van der Waals surface area (Å²) >= 11 is 0. The summed E-state index contributed by atoms with van der Waals surface area (Å²) in [4.78, 5) is 13.9. The second kappa shape index (κ2) is 4.14. The van der Waals surface area contributed by atoms with E-state index in [1.54, 1.807) is 6.92 Å². The van der Waals surface area contributed by atoms with Gasteiger partial charge in [-0.1, -0.05) is 0 Å². The fourth-order valence-electron chi connectivity index (χ4n) is 0.982. The average molecular weight is 189 g/mol.